The first-order chi connectivity index (χ1) is 27.7. The fourth-order valence-electron chi connectivity index (χ4n) is 8.15. The van der Waals surface area contributed by atoms with Crippen LogP contribution in [0.1, 0.15) is 72.8 Å². The molecule has 8 rings (SSSR count). The Bertz CT molecular complexity index is 2330. The third-order valence-corrected chi connectivity index (χ3v) is 11.0. The maximum atomic E-state index is 13.9. The van der Waals surface area contributed by atoms with Gasteiger partial charge in [0, 0.05) is 19.3 Å². The van der Waals surface area contributed by atoms with E-state index >= 15 is 0 Å². The molecule has 6 aromatic rings. The number of pyridine rings is 1. The predicted octanol–water partition coefficient (Wildman–Crippen LogP) is 7.17. The van der Waals surface area contributed by atoms with Crippen molar-refractivity contribution in [2.45, 2.75) is 49.9 Å². The van der Waals surface area contributed by atoms with E-state index in [9.17, 15) is 19.5 Å². The van der Waals surface area contributed by atoms with Crippen LogP contribution < -0.4 is 5.32 Å². The average molecular weight is 764 g/mol. The highest BCUT2D eigenvalue weighted by Gasteiger charge is 2.38. The number of amides is 3. The summed E-state index contributed by atoms with van der Waals surface area (Å²) < 4.78 is 0. The van der Waals surface area contributed by atoms with Crippen molar-refractivity contribution >= 4 is 17.9 Å². The van der Waals surface area contributed by atoms with Crippen LogP contribution in [-0.2, 0) is 9.59 Å². The lowest BCUT2D eigenvalue weighted by molar-refractivity contribution is -0.137. The highest BCUT2D eigenvalue weighted by atomic mass is 16.4. The van der Waals surface area contributed by atoms with Crippen molar-refractivity contribution in [2.24, 2.45) is 0 Å². The Kier molecular flexibility index (Phi) is 10.6. The molecule has 4 N–H and O–H groups in total. The molecule has 290 valence electrons. The smallest absolute Gasteiger partial charge is 0.405 e. The number of hydrogen-bond donors (Lipinski definition) is 4. The van der Waals surface area contributed by atoms with Gasteiger partial charge in [0.2, 0.25) is 5.91 Å². The van der Waals surface area contributed by atoms with E-state index in [0.29, 0.717) is 24.5 Å². The van der Waals surface area contributed by atoms with Gasteiger partial charge in [0.1, 0.15) is 23.7 Å². The van der Waals surface area contributed by atoms with Crippen molar-refractivity contribution in [1.29, 1.82) is 0 Å². The predicted molar refractivity (Wildman–Crippen MR) is 215 cm³/mol. The van der Waals surface area contributed by atoms with E-state index in [1.807, 2.05) is 66.5 Å². The van der Waals surface area contributed by atoms with Gasteiger partial charge in [0.25, 0.3) is 5.91 Å². The van der Waals surface area contributed by atoms with E-state index in [1.165, 1.54) is 0 Å². The summed E-state index contributed by atoms with van der Waals surface area (Å²) in [7, 11) is 3.82. The Morgan fingerprint density at radius 1 is 0.684 bits per heavy atom. The van der Waals surface area contributed by atoms with Crippen LogP contribution in [0.5, 0.6) is 0 Å². The van der Waals surface area contributed by atoms with Gasteiger partial charge < -0.3 is 30.2 Å². The number of aromatic amines is 2. The number of benzene rings is 3. The van der Waals surface area contributed by atoms with Gasteiger partial charge in [-0.1, -0.05) is 84.9 Å². The topological polar surface area (TPSA) is 163 Å². The summed E-state index contributed by atoms with van der Waals surface area (Å²) in [5, 5.41) is 11.9. The number of nitrogens with one attached hydrogen (secondary N) is 3. The molecule has 2 aliphatic heterocycles. The summed E-state index contributed by atoms with van der Waals surface area (Å²) in [6, 6.07) is 29.3. The molecule has 3 amide bonds. The molecule has 4 atom stereocenters. The van der Waals surface area contributed by atoms with E-state index in [1.54, 1.807) is 41.6 Å². The zero-order chi connectivity index (χ0) is 39.5. The Labute approximate surface area is 330 Å². The number of carboxylic acid groups (broad SMARTS) is 1. The molecule has 3 aromatic carbocycles. The van der Waals surface area contributed by atoms with Gasteiger partial charge in [-0.15, -0.1) is 0 Å². The van der Waals surface area contributed by atoms with Crippen molar-refractivity contribution in [3.05, 3.63) is 139 Å². The number of rotatable bonds is 11. The number of carbonyl (C=O) groups excluding carboxylic acids is 2. The van der Waals surface area contributed by atoms with E-state index in [0.717, 1.165) is 70.8 Å². The lowest BCUT2D eigenvalue weighted by atomic mass is 10.0. The quantitative estimate of drug-likeness (QED) is 0.108. The summed E-state index contributed by atoms with van der Waals surface area (Å²) >= 11 is 0. The number of carbonyl (C=O) groups is 3. The van der Waals surface area contributed by atoms with Gasteiger partial charge in [0.05, 0.1) is 41.6 Å². The summed E-state index contributed by atoms with van der Waals surface area (Å²) in [4.78, 5) is 65.6. The second-order valence-corrected chi connectivity index (χ2v) is 14.8. The van der Waals surface area contributed by atoms with E-state index in [-0.39, 0.29) is 23.9 Å². The Morgan fingerprint density at radius 2 is 1.19 bits per heavy atom. The molecular formula is C44H45N9O4. The van der Waals surface area contributed by atoms with Gasteiger partial charge >= 0.3 is 6.09 Å². The second-order valence-electron chi connectivity index (χ2n) is 14.8. The van der Waals surface area contributed by atoms with Crippen molar-refractivity contribution in [1.82, 2.24) is 44.9 Å². The molecule has 13 nitrogen and oxygen atoms in total. The molecule has 0 saturated carbocycles. The third-order valence-electron chi connectivity index (χ3n) is 11.0. The summed E-state index contributed by atoms with van der Waals surface area (Å²) in [6.07, 6.45) is 7.37. The van der Waals surface area contributed by atoms with Crippen molar-refractivity contribution in [3.8, 4) is 33.6 Å². The maximum Gasteiger partial charge on any atom is 0.405 e. The molecule has 2 fully saturated rings. The molecule has 0 spiro atoms. The molecule has 0 aliphatic carbocycles. The Hall–Kier alpha value is -6.60. The number of hydrogen-bond acceptors (Lipinski definition) is 7. The molecule has 0 radical (unpaired) electrons. The van der Waals surface area contributed by atoms with E-state index < -0.39 is 18.2 Å². The summed E-state index contributed by atoms with van der Waals surface area (Å²) in [5.41, 5.74) is 7.14. The minimum absolute atomic E-state index is 0.0272. The number of aromatic nitrogens is 5. The molecule has 13 heteroatoms. The van der Waals surface area contributed by atoms with Gasteiger partial charge in [0.15, 0.2) is 0 Å². The Morgan fingerprint density at radius 3 is 1.68 bits per heavy atom. The highest BCUT2D eigenvalue weighted by molar-refractivity contribution is 5.87. The molecular weight excluding hydrogens is 719 g/mol. The van der Waals surface area contributed by atoms with Gasteiger partial charge in [-0.2, -0.15) is 0 Å². The second kappa shape index (κ2) is 16.2. The fraction of sp³-hybridized carbons (Fsp3) is 0.273. The zero-order valence-electron chi connectivity index (χ0n) is 31.9. The molecule has 1 unspecified atom stereocenters. The first kappa shape index (κ1) is 37.3. The molecule has 3 aromatic heterocycles. The largest absolute Gasteiger partial charge is 0.465 e. The Balaban J connectivity index is 0.930. The number of imidazole rings is 2. The normalized spacial score (nSPS) is 17.8. The summed E-state index contributed by atoms with van der Waals surface area (Å²) in [5.74, 6) is 1.19. The van der Waals surface area contributed by atoms with E-state index in [4.69, 9.17) is 4.98 Å². The van der Waals surface area contributed by atoms with E-state index in [2.05, 4.69) is 61.7 Å². The molecule has 5 heterocycles. The van der Waals surface area contributed by atoms with Crippen LogP contribution >= 0.6 is 0 Å². The third kappa shape index (κ3) is 7.79. The molecule has 57 heavy (non-hydrogen) atoms. The SMILES string of the molecule is CN(C)C(C(=O)N1CCC[C@H]1c1ncc(-c2ccc(-c3ccc(-c4cnc([C@@H]5CCCN5C(=O)[C@H](NC(=O)O)c5ccccc5)[nH]4)cc3)cc2)[nH]1)c1ccccn1. The van der Waals surface area contributed by atoms with Gasteiger partial charge in [-0.05, 0) is 79.7 Å². The molecule has 2 saturated heterocycles. The van der Waals surface area contributed by atoms with Gasteiger partial charge in [-0.25, -0.2) is 14.8 Å². The van der Waals surface area contributed by atoms with Crippen LogP contribution in [0, 0.1) is 0 Å². The fourth-order valence-corrected chi connectivity index (χ4v) is 8.15. The van der Waals surface area contributed by atoms with Crippen LogP contribution in [0.25, 0.3) is 33.6 Å². The zero-order valence-corrected chi connectivity index (χ0v) is 31.9. The maximum absolute atomic E-state index is 13.9. The van der Waals surface area contributed by atoms with Crippen molar-refractivity contribution in [2.75, 3.05) is 27.2 Å². The first-order valence-corrected chi connectivity index (χ1v) is 19.3. The van der Waals surface area contributed by atoms with Crippen LogP contribution in [-0.4, -0.2) is 89.8 Å². The number of nitrogens with zero attached hydrogens (tertiary/aromatic N) is 6. The summed E-state index contributed by atoms with van der Waals surface area (Å²) in [6.45, 7) is 1.19. The number of likely N-dealkylation sites (tertiary alicyclic amines) is 2. The monoisotopic (exact) mass is 763 g/mol. The van der Waals surface area contributed by atoms with Crippen LogP contribution in [0.15, 0.2) is 116 Å². The minimum Gasteiger partial charge on any atom is -0.465 e. The lowest BCUT2D eigenvalue weighted by Gasteiger charge is -2.30. The number of H-pyrrole nitrogens is 2. The van der Waals surface area contributed by atoms with Crippen LogP contribution in [0.4, 0.5) is 4.79 Å². The number of likely N-dealkylation sites (N-methyl/N-ethyl adjacent to an activating group) is 1. The molecule has 2 aliphatic rings. The van der Waals surface area contributed by atoms with Crippen LogP contribution in [0.3, 0.4) is 0 Å². The minimum atomic E-state index is -1.25. The standard InChI is InChI=1S/C44H45N9O4/c1-51(2)39(33-12-6-7-23-45-33)43(55)53-25-9-14-37(53)41-47-27-35(49-41)31-21-17-29(18-22-31)28-15-19-30(20-16-28)34-26-46-40(48-34)36-13-8-24-52(36)42(54)38(50-44(56)57)32-10-4-3-5-11-32/h3-7,10-12,15-23,26-27,36-39,50H,8-9,13-14,24-25H2,1-2H3,(H,46,48)(H,47,49)(H,56,57)/t36-,37-,38+,39?/m0/s1. The molecule has 0 bridgehead atoms. The average Bonchev–Trinajstić information content (AvgIpc) is 4.08. The lowest BCUT2D eigenvalue weighted by Crippen LogP contribution is -2.42. The van der Waals surface area contributed by atoms with Crippen molar-refractivity contribution in [3.63, 3.8) is 0 Å². The first-order valence-electron chi connectivity index (χ1n) is 19.3. The van der Waals surface area contributed by atoms with Crippen molar-refractivity contribution < 1.29 is 19.5 Å². The highest BCUT2D eigenvalue weighted by Crippen LogP contribution is 2.36. The van der Waals surface area contributed by atoms with Crippen LogP contribution in [0.2, 0.25) is 0 Å². The van der Waals surface area contributed by atoms with Gasteiger partial charge in [-0.3, -0.25) is 19.5 Å².